The Morgan fingerprint density at radius 1 is 1.47 bits per heavy atom. The number of aliphatic hydroxyl groups is 1. The van der Waals surface area contributed by atoms with Gasteiger partial charge in [0.25, 0.3) is 0 Å². The summed E-state index contributed by atoms with van der Waals surface area (Å²) in [4.78, 5) is 2.24. The third-order valence-corrected chi connectivity index (χ3v) is 3.96. The summed E-state index contributed by atoms with van der Waals surface area (Å²) in [7, 11) is 2.07. The molecule has 1 aromatic carbocycles. The molecule has 0 radical (unpaired) electrons. The van der Waals surface area contributed by atoms with Crippen LogP contribution in [0.4, 0.5) is 4.39 Å². The second kappa shape index (κ2) is 4.39. The number of halogens is 1. The molecule has 1 heterocycles. The summed E-state index contributed by atoms with van der Waals surface area (Å²) in [5, 5.41) is 10.7. The molecule has 0 bridgehead atoms. The molecule has 1 aromatic rings. The smallest absolute Gasteiger partial charge is 0.126 e. The average molecular weight is 237 g/mol. The standard InChI is InChI=1S/C14H20FNO/c1-10-8-12(4-5-13(10)15)14(17)6-7-16(3)11(2)9-14/h4-5,8,11,17H,6-7,9H2,1-3H3. The fraction of sp³-hybridized carbons (Fsp3) is 0.571. The topological polar surface area (TPSA) is 23.5 Å². The molecule has 94 valence electrons. The lowest BCUT2D eigenvalue weighted by Gasteiger charge is -2.41. The van der Waals surface area contributed by atoms with Gasteiger partial charge < -0.3 is 10.0 Å². The van der Waals surface area contributed by atoms with Crippen molar-refractivity contribution >= 4 is 0 Å². The first-order chi connectivity index (χ1) is 7.92. The SMILES string of the molecule is Cc1cc(C2(O)CCN(C)C(C)C2)ccc1F. The van der Waals surface area contributed by atoms with Crippen molar-refractivity contribution < 1.29 is 9.50 Å². The molecule has 0 spiro atoms. The Labute approximate surface area is 102 Å². The summed E-state index contributed by atoms with van der Waals surface area (Å²) in [5.74, 6) is -0.210. The number of likely N-dealkylation sites (tertiary alicyclic amines) is 1. The molecule has 1 aliphatic heterocycles. The molecule has 17 heavy (non-hydrogen) atoms. The molecule has 1 saturated heterocycles. The summed E-state index contributed by atoms with van der Waals surface area (Å²) < 4.78 is 13.2. The van der Waals surface area contributed by atoms with E-state index in [1.807, 2.05) is 0 Å². The molecule has 0 saturated carbocycles. The minimum atomic E-state index is -0.801. The summed E-state index contributed by atoms with van der Waals surface area (Å²) in [5.41, 5.74) is 0.642. The van der Waals surface area contributed by atoms with Crippen molar-refractivity contribution in [3.8, 4) is 0 Å². The molecule has 2 nitrogen and oxygen atoms in total. The highest BCUT2D eigenvalue weighted by atomic mass is 19.1. The minimum Gasteiger partial charge on any atom is -0.385 e. The van der Waals surface area contributed by atoms with Gasteiger partial charge in [-0.3, -0.25) is 0 Å². The van der Waals surface area contributed by atoms with Crippen LogP contribution in [-0.4, -0.2) is 29.6 Å². The first kappa shape index (κ1) is 12.5. The number of hydrogen-bond acceptors (Lipinski definition) is 2. The zero-order valence-corrected chi connectivity index (χ0v) is 10.7. The van der Waals surface area contributed by atoms with E-state index < -0.39 is 5.60 Å². The molecular formula is C14H20FNO. The van der Waals surface area contributed by atoms with E-state index in [2.05, 4.69) is 18.9 Å². The van der Waals surface area contributed by atoms with Crippen molar-refractivity contribution in [2.45, 2.75) is 38.3 Å². The molecule has 2 rings (SSSR count). The van der Waals surface area contributed by atoms with Crippen molar-refractivity contribution in [3.63, 3.8) is 0 Å². The first-order valence-electron chi connectivity index (χ1n) is 6.11. The highest BCUT2D eigenvalue weighted by molar-refractivity contribution is 5.29. The van der Waals surface area contributed by atoms with Crippen LogP contribution in [-0.2, 0) is 5.60 Å². The molecule has 1 fully saturated rings. The highest BCUT2D eigenvalue weighted by Gasteiger charge is 2.36. The Balaban J connectivity index is 2.29. The maximum Gasteiger partial charge on any atom is 0.126 e. The maximum absolute atomic E-state index is 13.2. The number of rotatable bonds is 1. The van der Waals surface area contributed by atoms with Crippen LogP contribution in [0.3, 0.4) is 0 Å². The first-order valence-corrected chi connectivity index (χ1v) is 6.11. The number of aryl methyl sites for hydroxylation is 1. The van der Waals surface area contributed by atoms with Gasteiger partial charge in [-0.15, -0.1) is 0 Å². The lowest BCUT2D eigenvalue weighted by atomic mass is 9.81. The van der Waals surface area contributed by atoms with Gasteiger partial charge >= 0.3 is 0 Å². The van der Waals surface area contributed by atoms with Crippen molar-refractivity contribution in [2.24, 2.45) is 0 Å². The predicted molar refractivity (Wildman–Crippen MR) is 66.4 cm³/mol. The second-order valence-corrected chi connectivity index (χ2v) is 5.28. The molecular weight excluding hydrogens is 217 g/mol. The van der Waals surface area contributed by atoms with Gasteiger partial charge in [-0.05, 0) is 50.9 Å². The van der Waals surface area contributed by atoms with Crippen LogP contribution in [0.15, 0.2) is 18.2 Å². The van der Waals surface area contributed by atoms with Crippen LogP contribution >= 0.6 is 0 Å². The largest absolute Gasteiger partial charge is 0.385 e. The Hall–Kier alpha value is -0.930. The lowest BCUT2D eigenvalue weighted by molar-refractivity contribution is -0.0409. The number of benzene rings is 1. The van der Waals surface area contributed by atoms with Crippen LogP contribution in [0.25, 0.3) is 0 Å². The number of piperidine rings is 1. The number of hydrogen-bond donors (Lipinski definition) is 1. The van der Waals surface area contributed by atoms with Crippen molar-refractivity contribution in [3.05, 3.63) is 35.1 Å². The summed E-state index contributed by atoms with van der Waals surface area (Å²) in [6.45, 7) is 4.72. The van der Waals surface area contributed by atoms with Crippen molar-refractivity contribution in [1.29, 1.82) is 0 Å². The Kier molecular flexibility index (Phi) is 3.23. The summed E-state index contributed by atoms with van der Waals surface area (Å²) >= 11 is 0. The summed E-state index contributed by atoms with van der Waals surface area (Å²) in [6.07, 6.45) is 1.41. The van der Waals surface area contributed by atoms with E-state index in [4.69, 9.17) is 0 Å². The van der Waals surface area contributed by atoms with Gasteiger partial charge in [0.1, 0.15) is 5.82 Å². The molecule has 2 unspecified atom stereocenters. The van der Waals surface area contributed by atoms with Crippen molar-refractivity contribution in [2.75, 3.05) is 13.6 Å². The molecule has 2 atom stereocenters. The molecule has 1 N–H and O–H groups in total. The van der Waals surface area contributed by atoms with Gasteiger partial charge in [0.2, 0.25) is 0 Å². The normalized spacial score (nSPS) is 30.5. The molecule has 3 heteroatoms. The Morgan fingerprint density at radius 2 is 2.18 bits per heavy atom. The fourth-order valence-electron chi connectivity index (χ4n) is 2.52. The van der Waals surface area contributed by atoms with Crippen LogP contribution in [0.1, 0.15) is 30.9 Å². The Morgan fingerprint density at radius 3 is 2.76 bits per heavy atom. The van der Waals surface area contributed by atoms with E-state index in [0.717, 1.165) is 12.1 Å². The third-order valence-electron chi connectivity index (χ3n) is 3.96. The Bertz CT molecular complexity index is 421. The van der Waals surface area contributed by atoms with Crippen LogP contribution < -0.4 is 0 Å². The van der Waals surface area contributed by atoms with Gasteiger partial charge in [-0.25, -0.2) is 4.39 Å². The lowest BCUT2D eigenvalue weighted by Crippen LogP contribution is -2.45. The summed E-state index contributed by atoms with van der Waals surface area (Å²) in [6, 6.07) is 5.28. The van der Waals surface area contributed by atoms with Gasteiger partial charge in [0.05, 0.1) is 5.60 Å². The van der Waals surface area contributed by atoms with Crippen molar-refractivity contribution in [1.82, 2.24) is 4.90 Å². The van der Waals surface area contributed by atoms with E-state index in [0.29, 0.717) is 24.4 Å². The van der Waals surface area contributed by atoms with Crippen LogP contribution in [0.2, 0.25) is 0 Å². The predicted octanol–water partition coefficient (Wildman–Crippen LogP) is 2.44. The third kappa shape index (κ3) is 2.35. The zero-order chi connectivity index (χ0) is 12.6. The molecule has 0 aliphatic carbocycles. The molecule has 0 aromatic heterocycles. The fourth-order valence-corrected chi connectivity index (χ4v) is 2.52. The van der Waals surface area contributed by atoms with Gasteiger partial charge in [0.15, 0.2) is 0 Å². The van der Waals surface area contributed by atoms with Crippen LogP contribution in [0.5, 0.6) is 0 Å². The van der Waals surface area contributed by atoms with Gasteiger partial charge in [0, 0.05) is 12.6 Å². The minimum absolute atomic E-state index is 0.210. The highest BCUT2D eigenvalue weighted by Crippen LogP contribution is 2.35. The van der Waals surface area contributed by atoms with Gasteiger partial charge in [-0.2, -0.15) is 0 Å². The average Bonchev–Trinajstić information content (AvgIpc) is 2.28. The quantitative estimate of drug-likeness (QED) is 0.811. The van der Waals surface area contributed by atoms with E-state index in [9.17, 15) is 9.50 Å². The number of nitrogens with zero attached hydrogens (tertiary/aromatic N) is 1. The molecule has 0 amide bonds. The molecule has 1 aliphatic rings. The second-order valence-electron chi connectivity index (χ2n) is 5.28. The maximum atomic E-state index is 13.2. The van der Waals surface area contributed by atoms with E-state index in [1.54, 1.807) is 19.1 Å². The van der Waals surface area contributed by atoms with E-state index in [-0.39, 0.29) is 5.82 Å². The zero-order valence-electron chi connectivity index (χ0n) is 10.7. The van der Waals surface area contributed by atoms with E-state index in [1.165, 1.54) is 6.07 Å². The monoisotopic (exact) mass is 237 g/mol. The van der Waals surface area contributed by atoms with E-state index >= 15 is 0 Å². The van der Waals surface area contributed by atoms with Gasteiger partial charge in [-0.1, -0.05) is 12.1 Å². The van der Waals surface area contributed by atoms with Crippen LogP contribution in [0, 0.1) is 12.7 Å².